The van der Waals surface area contributed by atoms with E-state index in [0.717, 1.165) is 38.6 Å². The molecule has 14 heavy (non-hydrogen) atoms. The fourth-order valence-electron chi connectivity index (χ4n) is 2.28. The van der Waals surface area contributed by atoms with Crippen molar-refractivity contribution >= 4 is 5.91 Å². The highest BCUT2D eigenvalue weighted by molar-refractivity contribution is 5.81. The van der Waals surface area contributed by atoms with Crippen LogP contribution in [0.4, 0.5) is 0 Å². The molecule has 0 spiro atoms. The summed E-state index contributed by atoms with van der Waals surface area (Å²) in [5, 5.41) is 6.25. The lowest BCUT2D eigenvalue weighted by Gasteiger charge is -2.34. The third-order valence-electron chi connectivity index (χ3n) is 3.28. The number of amides is 1. The van der Waals surface area contributed by atoms with Gasteiger partial charge in [0.15, 0.2) is 0 Å². The topological polar surface area (TPSA) is 44.4 Å². The quantitative estimate of drug-likeness (QED) is 0.622. The first-order chi connectivity index (χ1) is 6.77. The summed E-state index contributed by atoms with van der Waals surface area (Å²) in [5.41, 5.74) is 0. The van der Waals surface area contributed by atoms with E-state index >= 15 is 0 Å². The van der Waals surface area contributed by atoms with E-state index < -0.39 is 0 Å². The van der Waals surface area contributed by atoms with Crippen LogP contribution in [0.15, 0.2) is 0 Å². The minimum absolute atomic E-state index is 0.0596. The Balaban J connectivity index is 1.86. The highest BCUT2D eigenvalue weighted by Crippen LogP contribution is 2.13. The van der Waals surface area contributed by atoms with Crippen molar-refractivity contribution in [2.75, 3.05) is 32.7 Å². The molecule has 4 heteroatoms. The van der Waals surface area contributed by atoms with E-state index in [1.807, 2.05) is 6.92 Å². The van der Waals surface area contributed by atoms with Gasteiger partial charge < -0.3 is 10.6 Å². The molecule has 0 aromatic heterocycles. The largest absolute Gasteiger partial charge is 0.353 e. The number of hydrogen-bond acceptors (Lipinski definition) is 3. The molecule has 4 nitrogen and oxygen atoms in total. The molecule has 0 bridgehead atoms. The normalized spacial score (nSPS) is 34.5. The van der Waals surface area contributed by atoms with Gasteiger partial charge in [-0.1, -0.05) is 0 Å². The van der Waals surface area contributed by atoms with E-state index in [0.29, 0.717) is 0 Å². The molecule has 0 aromatic carbocycles. The number of piperazine rings is 1. The van der Waals surface area contributed by atoms with Crippen LogP contribution in [-0.4, -0.2) is 49.6 Å². The van der Waals surface area contributed by atoms with Crippen LogP contribution in [0, 0.1) is 5.92 Å². The molecule has 2 fully saturated rings. The molecular formula is C10H19N3O. The smallest absolute Gasteiger partial charge is 0.237 e. The van der Waals surface area contributed by atoms with Gasteiger partial charge in [-0.25, -0.2) is 0 Å². The highest BCUT2D eigenvalue weighted by Gasteiger charge is 2.28. The molecule has 2 aliphatic rings. The average molecular weight is 197 g/mol. The Morgan fingerprint density at radius 2 is 2.36 bits per heavy atom. The second-order valence-electron chi connectivity index (χ2n) is 4.32. The molecule has 2 aliphatic heterocycles. The van der Waals surface area contributed by atoms with Crippen molar-refractivity contribution in [1.82, 2.24) is 15.5 Å². The van der Waals surface area contributed by atoms with Gasteiger partial charge in [0, 0.05) is 19.6 Å². The van der Waals surface area contributed by atoms with E-state index in [1.165, 1.54) is 6.42 Å². The standard InChI is InChI=1S/C10H19N3O/c1-8-10(14)12-4-5-13(8)7-9-2-3-11-6-9/h8-9,11H,2-7H2,1H3,(H,12,14). The number of rotatable bonds is 2. The van der Waals surface area contributed by atoms with Crippen molar-refractivity contribution in [3.63, 3.8) is 0 Å². The summed E-state index contributed by atoms with van der Waals surface area (Å²) in [7, 11) is 0. The predicted molar refractivity (Wildman–Crippen MR) is 55.0 cm³/mol. The van der Waals surface area contributed by atoms with Gasteiger partial charge in [-0.05, 0) is 32.4 Å². The van der Waals surface area contributed by atoms with Gasteiger partial charge in [0.25, 0.3) is 0 Å². The van der Waals surface area contributed by atoms with Gasteiger partial charge in [-0.15, -0.1) is 0 Å². The summed E-state index contributed by atoms with van der Waals surface area (Å²) >= 11 is 0. The van der Waals surface area contributed by atoms with Crippen LogP contribution in [0.25, 0.3) is 0 Å². The van der Waals surface area contributed by atoms with Gasteiger partial charge in [-0.2, -0.15) is 0 Å². The Kier molecular flexibility index (Phi) is 3.03. The summed E-state index contributed by atoms with van der Waals surface area (Å²) in [6.07, 6.45) is 1.25. The van der Waals surface area contributed by atoms with Crippen LogP contribution in [0.1, 0.15) is 13.3 Å². The Morgan fingerprint density at radius 3 is 3.07 bits per heavy atom. The summed E-state index contributed by atoms with van der Waals surface area (Å²) in [5.74, 6) is 0.922. The van der Waals surface area contributed by atoms with Gasteiger partial charge in [0.1, 0.15) is 0 Å². The van der Waals surface area contributed by atoms with Crippen molar-refractivity contribution in [1.29, 1.82) is 0 Å². The SMILES string of the molecule is CC1C(=O)NCCN1CC1CCNC1. The zero-order valence-corrected chi connectivity index (χ0v) is 8.75. The minimum Gasteiger partial charge on any atom is -0.353 e. The molecule has 0 saturated carbocycles. The van der Waals surface area contributed by atoms with E-state index in [1.54, 1.807) is 0 Å². The third-order valence-corrected chi connectivity index (χ3v) is 3.28. The fraction of sp³-hybridized carbons (Fsp3) is 0.900. The molecule has 1 amide bonds. The number of hydrogen-bond donors (Lipinski definition) is 2. The second-order valence-corrected chi connectivity index (χ2v) is 4.32. The van der Waals surface area contributed by atoms with Crippen molar-refractivity contribution in [3.8, 4) is 0 Å². The summed E-state index contributed by atoms with van der Waals surface area (Å²) < 4.78 is 0. The Morgan fingerprint density at radius 1 is 1.50 bits per heavy atom. The van der Waals surface area contributed by atoms with E-state index in [4.69, 9.17) is 0 Å². The molecule has 2 atom stereocenters. The average Bonchev–Trinajstić information content (AvgIpc) is 2.66. The summed E-state index contributed by atoms with van der Waals surface area (Å²) in [4.78, 5) is 13.7. The van der Waals surface area contributed by atoms with Crippen LogP contribution < -0.4 is 10.6 Å². The molecule has 2 unspecified atom stereocenters. The first-order valence-electron chi connectivity index (χ1n) is 5.50. The maximum Gasteiger partial charge on any atom is 0.237 e. The van der Waals surface area contributed by atoms with Crippen molar-refractivity contribution in [2.45, 2.75) is 19.4 Å². The summed E-state index contributed by atoms with van der Waals surface area (Å²) in [6, 6.07) is 0.0596. The molecule has 0 aromatic rings. The van der Waals surface area contributed by atoms with Crippen LogP contribution in [0.2, 0.25) is 0 Å². The van der Waals surface area contributed by atoms with Crippen LogP contribution in [0.5, 0.6) is 0 Å². The van der Waals surface area contributed by atoms with Gasteiger partial charge in [0.2, 0.25) is 5.91 Å². The molecule has 2 N–H and O–H groups in total. The fourth-order valence-corrected chi connectivity index (χ4v) is 2.28. The molecule has 2 heterocycles. The zero-order chi connectivity index (χ0) is 9.97. The van der Waals surface area contributed by atoms with E-state index in [2.05, 4.69) is 15.5 Å². The minimum atomic E-state index is 0.0596. The first-order valence-corrected chi connectivity index (χ1v) is 5.50. The second kappa shape index (κ2) is 4.28. The summed E-state index contributed by atoms with van der Waals surface area (Å²) in [6.45, 7) is 7.13. The lowest BCUT2D eigenvalue weighted by molar-refractivity contribution is -0.128. The lowest BCUT2D eigenvalue weighted by atomic mass is 10.1. The Hall–Kier alpha value is -0.610. The maximum absolute atomic E-state index is 11.4. The van der Waals surface area contributed by atoms with Crippen molar-refractivity contribution < 1.29 is 4.79 Å². The van der Waals surface area contributed by atoms with Gasteiger partial charge >= 0.3 is 0 Å². The van der Waals surface area contributed by atoms with Gasteiger partial charge in [-0.3, -0.25) is 9.69 Å². The van der Waals surface area contributed by atoms with Crippen LogP contribution in [0.3, 0.4) is 0 Å². The Labute approximate surface area is 85.0 Å². The number of carbonyl (C=O) groups is 1. The molecular weight excluding hydrogens is 178 g/mol. The zero-order valence-electron chi connectivity index (χ0n) is 8.75. The predicted octanol–water partition coefficient (Wildman–Crippen LogP) is -0.584. The third kappa shape index (κ3) is 2.07. The molecule has 80 valence electrons. The van der Waals surface area contributed by atoms with E-state index in [-0.39, 0.29) is 11.9 Å². The molecule has 2 saturated heterocycles. The van der Waals surface area contributed by atoms with Crippen molar-refractivity contribution in [2.24, 2.45) is 5.92 Å². The number of nitrogens with one attached hydrogen (secondary N) is 2. The number of carbonyl (C=O) groups excluding carboxylic acids is 1. The monoisotopic (exact) mass is 197 g/mol. The van der Waals surface area contributed by atoms with Crippen LogP contribution in [-0.2, 0) is 4.79 Å². The van der Waals surface area contributed by atoms with Gasteiger partial charge in [0.05, 0.1) is 6.04 Å². The van der Waals surface area contributed by atoms with Crippen LogP contribution >= 0.6 is 0 Å². The maximum atomic E-state index is 11.4. The molecule has 0 radical (unpaired) electrons. The lowest BCUT2D eigenvalue weighted by Crippen LogP contribution is -2.54. The number of nitrogens with zero attached hydrogens (tertiary/aromatic N) is 1. The van der Waals surface area contributed by atoms with Crippen molar-refractivity contribution in [3.05, 3.63) is 0 Å². The first kappa shape index (κ1) is 9.93. The molecule has 2 rings (SSSR count). The van der Waals surface area contributed by atoms with E-state index in [9.17, 15) is 4.79 Å². The Bertz CT molecular complexity index is 213. The molecule has 0 aliphatic carbocycles. The highest BCUT2D eigenvalue weighted by atomic mass is 16.2.